The normalized spacial score (nSPS) is 14.5. The van der Waals surface area contributed by atoms with Gasteiger partial charge in [0.1, 0.15) is 0 Å². The number of alkyl halides is 3. The second-order valence-electron chi connectivity index (χ2n) is 7.07. The average molecular weight is 429 g/mol. The summed E-state index contributed by atoms with van der Waals surface area (Å²) in [6.45, 7) is 0.624. The zero-order valence-corrected chi connectivity index (χ0v) is 16.3. The molecule has 1 saturated heterocycles. The van der Waals surface area contributed by atoms with E-state index >= 15 is 0 Å². The van der Waals surface area contributed by atoms with Crippen LogP contribution in [0.15, 0.2) is 65.2 Å². The Kier molecular flexibility index (Phi) is 5.50. The number of hydrogen-bond acceptors (Lipinski definition) is 4. The van der Waals surface area contributed by atoms with Crippen LogP contribution in [-0.4, -0.2) is 52.9 Å². The minimum absolute atomic E-state index is 0.125. The van der Waals surface area contributed by atoms with Crippen molar-refractivity contribution in [3.8, 4) is 11.3 Å². The molecule has 9 heteroatoms. The van der Waals surface area contributed by atoms with Crippen molar-refractivity contribution in [2.45, 2.75) is 6.18 Å². The molecule has 0 aliphatic carbocycles. The van der Waals surface area contributed by atoms with Crippen molar-refractivity contribution >= 4 is 11.8 Å². The molecule has 0 N–H and O–H groups in total. The molecule has 1 fully saturated rings. The summed E-state index contributed by atoms with van der Waals surface area (Å²) in [6.07, 6.45) is -4.62. The van der Waals surface area contributed by atoms with Gasteiger partial charge in [0, 0.05) is 37.8 Å². The van der Waals surface area contributed by atoms with Crippen LogP contribution in [0.25, 0.3) is 11.3 Å². The van der Waals surface area contributed by atoms with Crippen LogP contribution in [0.2, 0.25) is 0 Å². The quantitative estimate of drug-likeness (QED) is 0.632. The Morgan fingerprint density at radius 2 is 1.42 bits per heavy atom. The van der Waals surface area contributed by atoms with Gasteiger partial charge in [0.05, 0.1) is 11.1 Å². The molecule has 0 unspecified atom stereocenters. The molecule has 160 valence electrons. The second-order valence-corrected chi connectivity index (χ2v) is 7.07. The van der Waals surface area contributed by atoms with Crippen LogP contribution in [-0.2, 0) is 6.18 Å². The van der Waals surface area contributed by atoms with E-state index in [0.717, 1.165) is 11.6 Å². The highest BCUT2D eigenvalue weighted by Crippen LogP contribution is 2.32. The van der Waals surface area contributed by atoms with E-state index in [1.54, 1.807) is 6.07 Å². The highest BCUT2D eigenvalue weighted by molar-refractivity contribution is 5.96. The van der Waals surface area contributed by atoms with Gasteiger partial charge in [-0.2, -0.15) is 13.2 Å². The fraction of sp³-hybridized carbons (Fsp3) is 0.227. The first kappa shape index (κ1) is 20.6. The van der Waals surface area contributed by atoms with Crippen molar-refractivity contribution in [2.24, 2.45) is 0 Å². The lowest BCUT2D eigenvalue weighted by molar-refractivity contribution is -0.138. The predicted molar refractivity (Wildman–Crippen MR) is 105 cm³/mol. The fourth-order valence-corrected chi connectivity index (χ4v) is 3.48. The summed E-state index contributed by atoms with van der Waals surface area (Å²) in [7, 11) is 0. The molecule has 4 rings (SSSR count). The highest BCUT2D eigenvalue weighted by atomic mass is 19.4. The molecule has 0 spiro atoms. The third kappa shape index (κ3) is 4.30. The smallest absolute Gasteiger partial charge is 0.355 e. The van der Waals surface area contributed by atoms with Gasteiger partial charge >= 0.3 is 6.18 Å². The molecule has 3 aromatic rings. The summed E-state index contributed by atoms with van der Waals surface area (Å²) in [6, 6.07) is 15.5. The summed E-state index contributed by atoms with van der Waals surface area (Å²) < 4.78 is 44.9. The molecule has 2 aromatic carbocycles. The largest absolute Gasteiger partial charge is 0.417 e. The molecule has 0 saturated carbocycles. The minimum atomic E-state index is -4.62. The number of carbonyl (C=O) groups is 2. The number of hydrogen-bond donors (Lipinski definition) is 0. The van der Waals surface area contributed by atoms with E-state index in [1.165, 1.54) is 28.0 Å². The Labute approximate surface area is 175 Å². The van der Waals surface area contributed by atoms with Gasteiger partial charge in [0.2, 0.25) is 0 Å². The third-order valence-corrected chi connectivity index (χ3v) is 5.10. The molecule has 1 aliphatic rings. The lowest BCUT2D eigenvalue weighted by Gasteiger charge is -2.34. The van der Waals surface area contributed by atoms with E-state index < -0.39 is 23.2 Å². The monoisotopic (exact) mass is 429 g/mol. The molecule has 2 heterocycles. The van der Waals surface area contributed by atoms with Crippen molar-refractivity contribution in [1.29, 1.82) is 0 Å². The van der Waals surface area contributed by atoms with Crippen LogP contribution in [0.3, 0.4) is 0 Å². The Balaban J connectivity index is 1.42. The van der Waals surface area contributed by atoms with Gasteiger partial charge < -0.3 is 14.3 Å². The van der Waals surface area contributed by atoms with E-state index in [1.807, 2.05) is 30.3 Å². The first-order valence-corrected chi connectivity index (χ1v) is 9.61. The molecule has 0 radical (unpaired) electrons. The maximum atomic E-state index is 13.2. The Bertz CT molecular complexity index is 1090. The second kappa shape index (κ2) is 8.25. The number of rotatable bonds is 3. The van der Waals surface area contributed by atoms with Gasteiger partial charge in [0.25, 0.3) is 11.8 Å². The number of aromatic nitrogens is 1. The topological polar surface area (TPSA) is 66.7 Å². The van der Waals surface area contributed by atoms with Crippen LogP contribution in [0.5, 0.6) is 0 Å². The van der Waals surface area contributed by atoms with Crippen LogP contribution in [0.1, 0.15) is 26.4 Å². The lowest BCUT2D eigenvalue weighted by Crippen LogP contribution is -2.50. The zero-order valence-electron chi connectivity index (χ0n) is 16.3. The maximum absolute atomic E-state index is 13.2. The number of nitrogens with zero attached hydrogens (tertiary/aromatic N) is 3. The molecule has 1 aliphatic heterocycles. The van der Waals surface area contributed by atoms with Crippen molar-refractivity contribution in [3.63, 3.8) is 0 Å². The fourth-order valence-electron chi connectivity index (χ4n) is 3.48. The predicted octanol–water partition coefficient (Wildman–Crippen LogP) is 3.96. The summed E-state index contributed by atoms with van der Waals surface area (Å²) >= 11 is 0. The van der Waals surface area contributed by atoms with Crippen LogP contribution in [0.4, 0.5) is 13.2 Å². The summed E-state index contributed by atoms with van der Waals surface area (Å²) in [5, 5.41) is 3.84. The first-order chi connectivity index (χ1) is 14.8. The van der Waals surface area contributed by atoms with Gasteiger partial charge in [-0.3, -0.25) is 9.59 Å². The molecular weight excluding hydrogens is 411 g/mol. The summed E-state index contributed by atoms with van der Waals surface area (Å²) in [4.78, 5) is 28.2. The molecule has 0 atom stereocenters. The SMILES string of the molecule is O=C(c1cc(-c2ccccc2)on1)N1CCN(C(=O)c2ccccc2C(F)(F)F)CC1. The minimum Gasteiger partial charge on any atom is -0.355 e. The van der Waals surface area contributed by atoms with Crippen molar-refractivity contribution in [1.82, 2.24) is 15.0 Å². The van der Waals surface area contributed by atoms with Crippen LogP contribution >= 0.6 is 0 Å². The highest BCUT2D eigenvalue weighted by Gasteiger charge is 2.36. The van der Waals surface area contributed by atoms with Gasteiger partial charge in [-0.15, -0.1) is 0 Å². The number of carbonyl (C=O) groups excluding carboxylic acids is 2. The van der Waals surface area contributed by atoms with Crippen LogP contribution in [0, 0.1) is 0 Å². The van der Waals surface area contributed by atoms with E-state index in [0.29, 0.717) is 5.76 Å². The van der Waals surface area contributed by atoms with Gasteiger partial charge in [-0.1, -0.05) is 47.6 Å². The Hall–Kier alpha value is -3.62. The van der Waals surface area contributed by atoms with Gasteiger partial charge in [-0.05, 0) is 12.1 Å². The molecule has 0 bridgehead atoms. The van der Waals surface area contributed by atoms with Gasteiger partial charge in [-0.25, -0.2) is 0 Å². The van der Waals surface area contributed by atoms with Crippen molar-refractivity contribution in [2.75, 3.05) is 26.2 Å². The number of amides is 2. The molecule has 31 heavy (non-hydrogen) atoms. The summed E-state index contributed by atoms with van der Waals surface area (Å²) in [5.41, 5.74) is -0.429. The van der Waals surface area contributed by atoms with E-state index in [-0.39, 0.29) is 37.8 Å². The van der Waals surface area contributed by atoms with Crippen molar-refractivity contribution < 1.29 is 27.3 Å². The third-order valence-electron chi connectivity index (χ3n) is 5.10. The van der Waals surface area contributed by atoms with Gasteiger partial charge in [0.15, 0.2) is 11.5 Å². The first-order valence-electron chi connectivity index (χ1n) is 9.61. The zero-order chi connectivity index (χ0) is 22.0. The molecular formula is C22H18F3N3O3. The number of halogens is 3. The Morgan fingerprint density at radius 1 is 0.839 bits per heavy atom. The molecule has 1 aromatic heterocycles. The van der Waals surface area contributed by atoms with Crippen LogP contribution < -0.4 is 0 Å². The van der Waals surface area contributed by atoms with Crippen molar-refractivity contribution in [3.05, 3.63) is 77.5 Å². The maximum Gasteiger partial charge on any atom is 0.417 e. The standard InChI is InChI=1S/C22H18F3N3O3/c23-22(24,25)17-9-5-4-8-16(17)20(29)27-10-12-28(13-11-27)21(30)18-14-19(31-26-18)15-6-2-1-3-7-15/h1-9,14H,10-13H2. The lowest BCUT2D eigenvalue weighted by atomic mass is 10.1. The van der Waals surface area contributed by atoms with E-state index in [9.17, 15) is 22.8 Å². The number of piperazine rings is 1. The molecule has 6 nitrogen and oxygen atoms in total. The average Bonchev–Trinajstić information content (AvgIpc) is 3.29. The Morgan fingerprint density at radius 3 is 2.06 bits per heavy atom. The van der Waals surface area contributed by atoms with E-state index in [4.69, 9.17) is 4.52 Å². The number of benzene rings is 2. The molecule has 2 amide bonds. The summed E-state index contributed by atoms with van der Waals surface area (Å²) in [5.74, 6) is -0.594. The van der Waals surface area contributed by atoms with E-state index in [2.05, 4.69) is 5.16 Å².